The molecule has 0 fully saturated rings. The molecule has 7 heteroatoms. The van der Waals surface area contributed by atoms with E-state index in [1.165, 1.54) is 11.0 Å². The van der Waals surface area contributed by atoms with Gasteiger partial charge in [0.1, 0.15) is 12.1 Å². The Morgan fingerprint density at radius 1 is 1.24 bits per heavy atom. The van der Waals surface area contributed by atoms with Crippen molar-refractivity contribution in [3.05, 3.63) is 60.0 Å². The molecule has 21 heavy (non-hydrogen) atoms. The number of aromatic nitrogens is 5. The third-order valence-corrected chi connectivity index (χ3v) is 2.88. The second kappa shape index (κ2) is 5.49. The number of tetrazole rings is 1. The lowest BCUT2D eigenvalue weighted by atomic mass is 10.2. The van der Waals surface area contributed by atoms with E-state index in [-0.39, 0.29) is 5.91 Å². The molecule has 0 saturated heterocycles. The number of nitrogens with one attached hydrogen (secondary N) is 1. The summed E-state index contributed by atoms with van der Waals surface area (Å²) in [5.41, 5.74) is 2.25. The number of rotatable bonds is 3. The fourth-order valence-corrected chi connectivity index (χ4v) is 1.86. The Hall–Kier alpha value is -3.09. The molecule has 0 bridgehead atoms. The van der Waals surface area contributed by atoms with Gasteiger partial charge in [-0.1, -0.05) is 6.07 Å². The van der Waals surface area contributed by atoms with Gasteiger partial charge in [-0.25, -0.2) is 9.67 Å². The number of carbonyl (C=O) groups is 1. The Morgan fingerprint density at radius 3 is 2.90 bits per heavy atom. The molecule has 2 aromatic heterocycles. The molecular weight excluding hydrogens is 268 g/mol. The normalized spacial score (nSPS) is 10.3. The molecule has 0 spiro atoms. The smallest absolute Gasteiger partial charge is 0.256 e. The van der Waals surface area contributed by atoms with Crippen LogP contribution in [0, 0.1) is 6.92 Å². The molecule has 3 aromatic rings. The molecule has 0 atom stereocenters. The summed E-state index contributed by atoms with van der Waals surface area (Å²) in [5.74, 6) is 0.288. The lowest BCUT2D eigenvalue weighted by Crippen LogP contribution is -2.13. The minimum Gasteiger partial charge on any atom is -0.307 e. The van der Waals surface area contributed by atoms with Crippen LogP contribution in [0.5, 0.6) is 0 Å². The van der Waals surface area contributed by atoms with Gasteiger partial charge >= 0.3 is 0 Å². The van der Waals surface area contributed by atoms with Crippen molar-refractivity contribution in [1.29, 1.82) is 0 Å². The van der Waals surface area contributed by atoms with E-state index in [0.29, 0.717) is 17.1 Å². The van der Waals surface area contributed by atoms with Crippen molar-refractivity contribution in [2.45, 2.75) is 6.92 Å². The maximum atomic E-state index is 12.2. The second-order valence-corrected chi connectivity index (χ2v) is 4.48. The topological polar surface area (TPSA) is 85.6 Å². The predicted octanol–water partition coefficient (Wildman–Crippen LogP) is 1.62. The predicted molar refractivity (Wildman–Crippen MR) is 76.1 cm³/mol. The summed E-state index contributed by atoms with van der Waals surface area (Å²) in [5, 5.41) is 13.7. The fourth-order valence-electron chi connectivity index (χ4n) is 1.86. The van der Waals surface area contributed by atoms with Gasteiger partial charge < -0.3 is 5.32 Å². The minimum absolute atomic E-state index is 0.233. The van der Waals surface area contributed by atoms with Gasteiger partial charge in [-0.3, -0.25) is 4.79 Å². The lowest BCUT2D eigenvalue weighted by Gasteiger charge is -2.06. The van der Waals surface area contributed by atoms with Gasteiger partial charge in [0.05, 0.1) is 5.69 Å². The number of benzene rings is 1. The van der Waals surface area contributed by atoms with Crippen molar-refractivity contribution < 1.29 is 4.79 Å². The van der Waals surface area contributed by atoms with Gasteiger partial charge in [-0.05, 0) is 53.2 Å². The Morgan fingerprint density at radius 2 is 2.14 bits per heavy atom. The van der Waals surface area contributed by atoms with Crippen LogP contribution in [0.15, 0.2) is 48.9 Å². The molecule has 0 aliphatic heterocycles. The first kappa shape index (κ1) is 12.9. The maximum Gasteiger partial charge on any atom is 0.256 e. The van der Waals surface area contributed by atoms with E-state index in [0.717, 1.165) is 5.56 Å². The third-order valence-electron chi connectivity index (χ3n) is 2.88. The van der Waals surface area contributed by atoms with Gasteiger partial charge in [0.2, 0.25) is 0 Å². The van der Waals surface area contributed by atoms with Crippen molar-refractivity contribution in [2.75, 3.05) is 5.32 Å². The van der Waals surface area contributed by atoms with Crippen molar-refractivity contribution in [1.82, 2.24) is 25.2 Å². The molecule has 0 radical (unpaired) electrons. The van der Waals surface area contributed by atoms with Crippen LogP contribution < -0.4 is 5.32 Å². The summed E-state index contributed by atoms with van der Waals surface area (Å²) < 4.78 is 1.49. The van der Waals surface area contributed by atoms with Crippen LogP contribution in [0.3, 0.4) is 0 Å². The summed E-state index contributed by atoms with van der Waals surface area (Å²) in [6.45, 7) is 1.94. The number of nitrogens with zero attached hydrogens (tertiary/aromatic N) is 5. The largest absolute Gasteiger partial charge is 0.307 e. The Balaban J connectivity index is 1.83. The van der Waals surface area contributed by atoms with Crippen LogP contribution >= 0.6 is 0 Å². The number of aryl methyl sites for hydroxylation is 1. The zero-order valence-electron chi connectivity index (χ0n) is 11.3. The summed E-state index contributed by atoms with van der Waals surface area (Å²) in [4.78, 5) is 16.3. The van der Waals surface area contributed by atoms with E-state index in [2.05, 4.69) is 25.8 Å². The van der Waals surface area contributed by atoms with Gasteiger partial charge in [-0.15, -0.1) is 5.10 Å². The molecule has 0 aliphatic carbocycles. The molecular formula is C14H12N6O. The Bertz CT molecular complexity index is 769. The van der Waals surface area contributed by atoms with Crippen molar-refractivity contribution in [3.63, 3.8) is 0 Å². The minimum atomic E-state index is -0.233. The van der Waals surface area contributed by atoms with E-state index in [1.54, 1.807) is 24.4 Å². The Kier molecular flexibility index (Phi) is 3.38. The van der Waals surface area contributed by atoms with Gasteiger partial charge in [-0.2, -0.15) is 0 Å². The number of anilines is 1. The maximum absolute atomic E-state index is 12.2. The average Bonchev–Trinajstić information content (AvgIpc) is 3.02. The molecule has 7 nitrogen and oxygen atoms in total. The van der Waals surface area contributed by atoms with Crippen LogP contribution in [-0.4, -0.2) is 31.1 Å². The summed E-state index contributed by atoms with van der Waals surface area (Å²) >= 11 is 0. The highest BCUT2D eigenvalue weighted by Crippen LogP contribution is 2.12. The number of hydrogen-bond acceptors (Lipinski definition) is 5. The second-order valence-electron chi connectivity index (χ2n) is 4.48. The SMILES string of the molecule is Cc1ccnc(NC(=O)c2cccc(-n3cnnn3)c2)c1. The first-order valence-electron chi connectivity index (χ1n) is 6.30. The molecule has 0 unspecified atom stereocenters. The number of pyridine rings is 1. The van der Waals surface area contributed by atoms with Gasteiger partial charge in [0, 0.05) is 11.8 Å². The first-order chi connectivity index (χ1) is 10.2. The zero-order valence-corrected chi connectivity index (χ0v) is 11.3. The molecule has 2 heterocycles. The monoisotopic (exact) mass is 280 g/mol. The van der Waals surface area contributed by atoms with E-state index in [4.69, 9.17) is 0 Å². The number of carbonyl (C=O) groups excluding carboxylic acids is 1. The Labute approximate surface area is 120 Å². The highest BCUT2D eigenvalue weighted by atomic mass is 16.1. The van der Waals surface area contributed by atoms with Gasteiger partial charge in [0.15, 0.2) is 0 Å². The highest BCUT2D eigenvalue weighted by molar-refractivity contribution is 6.04. The molecule has 1 aromatic carbocycles. The first-order valence-corrected chi connectivity index (χ1v) is 6.30. The van der Waals surface area contributed by atoms with Crippen molar-refractivity contribution >= 4 is 11.7 Å². The lowest BCUT2D eigenvalue weighted by molar-refractivity contribution is 0.102. The molecule has 0 aliphatic rings. The van der Waals surface area contributed by atoms with E-state index < -0.39 is 0 Å². The molecule has 1 amide bonds. The average molecular weight is 280 g/mol. The van der Waals surface area contributed by atoms with Crippen molar-refractivity contribution in [3.8, 4) is 5.69 Å². The van der Waals surface area contributed by atoms with E-state index in [9.17, 15) is 4.79 Å². The standard InChI is InChI=1S/C14H12N6O/c1-10-5-6-15-13(7-10)17-14(21)11-3-2-4-12(8-11)20-9-16-18-19-20/h2-9H,1H3,(H,15,17,21). The molecule has 0 saturated carbocycles. The summed E-state index contributed by atoms with van der Waals surface area (Å²) in [6.07, 6.45) is 3.13. The highest BCUT2D eigenvalue weighted by Gasteiger charge is 2.08. The molecule has 104 valence electrons. The van der Waals surface area contributed by atoms with Crippen LogP contribution in [0.4, 0.5) is 5.82 Å². The zero-order chi connectivity index (χ0) is 14.7. The quantitative estimate of drug-likeness (QED) is 0.788. The fraction of sp³-hybridized carbons (Fsp3) is 0.0714. The van der Waals surface area contributed by atoms with Crippen LogP contribution in [0.2, 0.25) is 0 Å². The summed E-state index contributed by atoms with van der Waals surface area (Å²) in [7, 11) is 0. The molecule has 1 N–H and O–H groups in total. The third kappa shape index (κ3) is 2.92. The number of amides is 1. The van der Waals surface area contributed by atoms with Crippen LogP contribution in [0.25, 0.3) is 5.69 Å². The van der Waals surface area contributed by atoms with E-state index in [1.807, 2.05) is 25.1 Å². The number of hydrogen-bond donors (Lipinski definition) is 1. The van der Waals surface area contributed by atoms with Crippen molar-refractivity contribution in [2.24, 2.45) is 0 Å². The van der Waals surface area contributed by atoms with E-state index >= 15 is 0 Å². The van der Waals surface area contributed by atoms with Gasteiger partial charge in [0.25, 0.3) is 5.91 Å². The van der Waals surface area contributed by atoms with Crippen LogP contribution in [-0.2, 0) is 0 Å². The van der Waals surface area contributed by atoms with Crippen LogP contribution in [0.1, 0.15) is 15.9 Å². The summed E-state index contributed by atoms with van der Waals surface area (Å²) in [6, 6.07) is 10.7. The molecule has 3 rings (SSSR count).